The van der Waals surface area contributed by atoms with E-state index < -0.39 is 17.6 Å². The van der Waals surface area contributed by atoms with Crippen LogP contribution in [0.5, 0.6) is 0 Å². The second kappa shape index (κ2) is 8.78. The number of hydrogen-bond acceptors (Lipinski definition) is 6. The molecular formula is C18H27N3O3S. The Balaban J connectivity index is 2.11. The number of aliphatic carboxylic acids is 1. The van der Waals surface area contributed by atoms with Crippen molar-refractivity contribution in [1.82, 2.24) is 4.90 Å². The standard InChI is InChI=1S/C18H27N3O3S/c1-13-18(2,24-11-7-10-21(3)4)9-6-5-8-14(19-13)16-20-15(12-25-16)17(22)23/h5-6,8-9,13,15H,7,10-12H2,1-4H3,(H,22,23)/b8-5-,9-6+,19-14?/t13-,15+,18?/m0/s1. The molecule has 0 bridgehead atoms. The molecule has 7 heteroatoms. The molecule has 2 rings (SSSR count). The molecular weight excluding hydrogens is 338 g/mol. The van der Waals surface area contributed by atoms with E-state index in [1.807, 2.05) is 52.2 Å². The summed E-state index contributed by atoms with van der Waals surface area (Å²) in [5.74, 6) is -0.431. The van der Waals surface area contributed by atoms with Crippen LogP contribution in [-0.2, 0) is 9.53 Å². The number of ether oxygens (including phenoxy) is 1. The molecule has 0 fully saturated rings. The molecule has 2 aliphatic heterocycles. The summed E-state index contributed by atoms with van der Waals surface area (Å²) in [6.07, 6.45) is 8.75. The summed E-state index contributed by atoms with van der Waals surface area (Å²) >= 11 is 1.44. The maximum atomic E-state index is 11.1. The van der Waals surface area contributed by atoms with Gasteiger partial charge in [-0.1, -0.05) is 18.2 Å². The van der Waals surface area contributed by atoms with Gasteiger partial charge in [-0.3, -0.25) is 9.98 Å². The van der Waals surface area contributed by atoms with E-state index in [1.165, 1.54) is 11.8 Å². The first-order valence-electron chi connectivity index (χ1n) is 8.48. The van der Waals surface area contributed by atoms with E-state index in [0.29, 0.717) is 17.4 Å². The summed E-state index contributed by atoms with van der Waals surface area (Å²) < 4.78 is 6.14. The molecule has 138 valence electrons. The minimum atomic E-state index is -0.889. The minimum Gasteiger partial charge on any atom is -0.480 e. The van der Waals surface area contributed by atoms with Gasteiger partial charge in [-0.05, 0) is 47.0 Å². The zero-order chi connectivity index (χ0) is 18.4. The van der Waals surface area contributed by atoms with Gasteiger partial charge in [0.15, 0.2) is 6.04 Å². The molecule has 0 amide bonds. The lowest BCUT2D eigenvalue weighted by Crippen LogP contribution is -2.39. The summed E-state index contributed by atoms with van der Waals surface area (Å²) in [5.41, 5.74) is 0.229. The van der Waals surface area contributed by atoms with Crippen LogP contribution in [0.1, 0.15) is 20.3 Å². The molecule has 3 atom stereocenters. The Morgan fingerprint density at radius 1 is 1.44 bits per heavy atom. The predicted octanol–water partition coefficient (Wildman–Crippen LogP) is 2.27. The fourth-order valence-corrected chi connectivity index (χ4v) is 3.52. The third kappa shape index (κ3) is 5.52. The normalized spacial score (nSPS) is 31.9. The molecule has 1 N–H and O–H groups in total. The Bertz CT molecular complexity index is 613. The summed E-state index contributed by atoms with van der Waals surface area (Å²) in [5, 5.41) is 9.81. The molecule has 0 saturated carbocycles. The maximum Gasteiger partial charge on any atom is 0.329 e. The van der Waals surface area contributed by atoms with Gasteiger partial charge in [-0.15, -0.1) is 11.8 Å². The van der Waals surface area contributed by atoms with Crippen LogP contribution in [0.3, 0.4) is 0 Å². The van der Waals surface area contributed by atoms with Crippen LogP contribution < -0.4 is 0 Å². The molecule has 0 aromatic carbocycles. The highest BCUT2D eigenvalue weighted by Gasteiger charge is 2.32. The number of allylic oxidation sites excluding steroid dienone is 3. The van der Waals surface area contributed by atoms with Crippen molar-refractivity contribution >= 4 is 28.5 Å². The summed E-state index contributed by atoms with van der Waals surface area (Å²) in [4.78, 5) is 22.3. The molecule has 0 aromatic heterocycles. The lowest BCUT2D eigenvalue weighted by atomic mass is 9.96. The fraction of sp³-hybridized carbons (Fsp3) is 0.611. The summed E-state index contributed by atoms with van der Waals surface area (Å²) in [6.45, 7) is 5.69. The first-order valence-corrected chi connectivity index (χ1v) is 9.46. The second-order valence-electron chi connectivity index (χ2n) is 6.70. The Morgan fingerprint density at radius 3 is 2.84 bits per heavy atom. The van der Waals surface area contributed by atoms with Crippen molar-refractivity contribution in [2.75, 3.05) is 33.0 Å². The topological polar surface area (TPSA) is 74.5 Å². The molecule has 0 saturated heterocycles. The number of aliphatic imine (C=N–C) groups is 2. The minimum absolute atomic E-state index is 0.102. The van der Waals surface area contributed by atoms with Gasteiger partial charge in [0, 0.05) is 12.4 Å². The van der Waals surface area contributed by atoms with Gasteiger partial charge >= 0.3 is 5.97 Å². The molecule has 25 heavy (non-hydrogen) atoms. The van der Waals surface area contributed by atoms with Gasteiger partial charge in [-0.25, -0.2) is 4.79 Å². The van der Waals surface area contributed by atoms with Crippen molar-refractivity contribution in [3.8, 4) is 0 Å². The lowest BCUT2D eigenvalue weighted by molar-refractivity contribution is -0.137. The molecule has 0 radical (unpaired) electrons. The van der Waals surface area contributed by atoms with Gasteiger partial charge in [0.25, 0.3) is 0 Å². The average molecular weight is 365 g/mol. The molecule has 6 nitrogen and oxygen atoms in total. The van der Waals surface area contributed by atoms with Gasteiger partial charge < -0.3 is 14.7 Å². The number of rotatable bonds is 7. The molecule has 0 spiro atoms. The van der Waals surface area contributed by atoms with E-state index in [4.69, 9.17) is 14.8 Å². The first kappa shape index (κ1) is 19.9. The molecule has 2 heterocycles. The third-order valence-corrected chi connectivity index (χ3v) is 5.34. The van der Waals surface area contributed by atoms with E-state index in [0.717, 1.165) is 18.7 Å². The maximum absolute atomic E-state index is 11.1. The SMILES string of the molecule is C[C@@H]1N=C(C2=N[C@@H](C(=O)O)CS2)/C=C\C=C\C1(C)OCCCN(C)C. The van der Waals surface area contributed by atoms with Crippen LogP contribution in [0.15, 0.2) is 34.3 Å². The van der Waals surface area contributed by atoms with E-state index >= 15 is 0 Å². The highest BCUT2D eigenvalue weighted by Crippen LogP contribution is 2.25. The van der Waals surface area contributed by atoms with Gasteiger partial charge in [0.05, 0.1) is 11.8 Å². The second-order valence-corrected chi connectivity index (χ2v) is 7.71. The van der Waals surface area contributed by atoms with Crippen molar-refractivity contribution in [3.63, 3.8) is 0 Å². The zero-order valence-electron chi connectivity index (χ0n) is 15.3. The highest BCUT2D eigenvalue weighted by atomic mass is 32.2. The fourth-order valence-electron chi connectivity index (χ4n) is 2.52. The number of nitrogens with zero attached hydrogens (tertiary/aromatic N) is 3. The third-order valence-electron chi connectivity index (χ3n) is 4.27. The molecule has 2 aliphatic rings. The van der Waals surface area contributed by atoms with Crippen molar-refractivity contribution in [3.05, 3.63) is 24.3 Å². The molecule has 0 aromatic rings. The van der Waals surface area contributed by atoms with Crippen LogP contribution >= 0.6 is 11.8 Å². The number of thioether (sulfide) groups is 1. The zero-order valence-corrected chi connectivity index (χ0v) is 16.1. The number of carbonyl (C=O) groups is 1. The Labute approximate surface area is 153 Å². The van der Waals surface area contributed by atoms with E-state index in [2.05, 4.69) is 9.89 Å². The summed E-state index contributed by atoms with van der Waals surface area (Å²) in [7, 11) is 4.09. The van der Waals surface area contributed by atoms with Gasteiger partial charge in [-0.2, -0.15) is 0 Å². The average Bonchev–Trinajstić information content (AvgIpc) is 3.03. The van der Waals surface area contributed by atoms with Crippen LogP contribution in [0.25, 0.3) is 0 Å². The Hall–Kier alpha value is -1.44. The smallest absolute Gasteiger partial charge is 0.329 e. The molecule has 0 aliphatic carbocycles. The van der Waals surface area contributed by atoms with E-state index in [9.17, 15) is 4.79 Å². The summed E-state index contributed by atoms with van der Waals surface area (Å²) in [6, 6.07) is -0.781. The van der Waals surface area contributed by atoms with E-state index in [-0.39, 0.29) is 6.04 Å². The Kier molecular flexibility index (Phi) is 6.98. The van der Waals surface area contributed by atoms with Gasteiger partial charge in [0.1, 0.15) is 10.6 Å². The number of hydrogen-bond donors (Lipinski definition) is 1. The predicted molar refractivity (Wildman–Crippen MR) is 104 cm³/mol. The first-order chi connectivity index (χ1) is 11.8. The van der Waals surface area contributed by atoms with Crippen molar-refractivity contribution in [2.24, 2.45) is 9.98 Å². The number of carboxylic acid groups (broad SMARTS) is 1. The lowest BCUT2D eigenvalue weighted by Gasteiger charge is -2.32. The number of carboxylic acids is 1. The van der Waals surface area contributed by atoms with Crippen LogP contribution in [0.2, 0.25) is 0 Å². The highest BCUT2D eigenvalue weighted by molar-refractivity contribution is 8.16. The van der Waals surface area contributed by atoms with Crippen LogP contribution in [0.4, 0.5) is 0 Å². The largest absolute Gasteiger partial charge is 0.480 e. The van der Waals surface area contributed by atoms with Crippen molar-refractivity contribution in [2.45, 2.75) is 38.0 Å². The molecule has 1 unspecified atom stereocenters. The van der Waals surface area contributed by atoms with Crippen molar-refractivity contribution < 1.29 is 14.6 Å². The monoisotopic (exact) mass is 365 g/mol. The van der Waals surface area contributed by atoms with Crippen LogP contribution in [0, 0.1) is 0 Å². The quantitative estimate of drug-likeness (QED) is 0.701. The Morgan fingerprint density at radius 2 is 2.20 bits per heavy atom. The van der Waals surface area contributed by atoms with Crippen LogP contribution in [-0.4, -0.2) is 77.4 Å². The van der Waals surface area contributed by atoms with E-state index in [1.54, 1.807) is 0 Å². The van der Waals surface area contributed by atoms with Crippen molar-refractivity contribution in [1.29, 1.82) is 0 Å². The van der Waals surface area contributed by atoms with Gasteiger partial charge in [0.2, 0.25) is 0 Å².